The molecule has 6 nitrogen and oxygen atoms in total. The van der Waals surface area contributed by atoms with Crippen LogP contribution in [0.2, 0.25) is 0 Å². The summed E-state index contributed by atoms with van der Waals surface area (Å²) in [5.74, 6) is -0.0954. The Kier molecular flexibility index (Phi) is 5.37. The number of nitrogen functional groups attached to an aromatic ring is 1. The largest absolute Gasteiger partial charge is 0.481 e. The van der Waals surface area contributed by atoms with Crippen molar-refractivity contribution in [1.82, 2.24) is 10.1 Å². The Morgan fingerprint density at radius 1 is 0.865 bits per heavy atom. The number of aliphatic carboxylic acids is 1. The first kappa shape index (κ1) is 22.7. The van der Waals surface area contributed by atoms with Gasteiger partial charge in [-0.15, -0.1) is 0 Å². The molecule has 3 aromatic carbocycles. The van der Waals surface area contributed by atoms with Gasteiger partial charge in [0.15, 0.2) is 5.76 Å². The molecule has 6 rings (SSSR count). The van der Waals surface area contributed by atoms with Crippen LogP contribution in [0, 0.1) is 6.92 Å². The molecule has 0 spiro atoms. The summed E-state index contributed by atoms with van der Waals surface area (Å²) in [6, 6.07) is 27.6. The van der Waals surface area contributed by atoms with Crippen molar-refractivity contribution in [2.24, 2.45) is 0 Å². The van der Waals surface area contributed by atoms with Crippen LogP contribution in [0.25, 0.3) is 44.8 Å². The van der Waals surface area contributed by atoms with E-state index < -0.39 is 11.4 Å². The summed E-state index contributed by atoms with van der Waals surface area (Å²) >= 11 is 0. The molecule has 0 saturated heterocycles. The van der Waals surface area contributed by atoms with E-state index in [1.165, 1.54) is 0 Å². The fraction of sp³-hybridized carbons (Fsp3) is 0.129. The zero-order valence-electron chi connectivity index (χ0n) is 20.3. The lowest BCUT2D eigenvalue weighted by molar-refractivity contribution is -0.140. The molecule has 0 bridgehead atoms. The van der Waals surface area contributed by atoms with Crippen LogP contribution in [-0.2, 0) is 10.2 Å². The topological polar surface area (TPSA) is 102 Å². The van der Waals surface area contributed by atoms with Crippen LogP contribution >= 0.6 is 0 Å². The lowest BCUT2D eigenvalue weighted by Gasteiger charge is -2.12. The molecule has 0 atom stereocenters. The fourth-order valence-corrected chi connectivity index (χ4v) is 4.95. The highest BCUT2D eigenvalue weighted by Gasteiger charge is 2.51. The molecule has 1 aliphatic rings. The van der Waals surface area contributed by atoms with Crippen LogP contribution in [0.4, 0.5) is 5.69 Å². The monoisotopic (exact) mass is 487 g/mol. The highest BCUT2D eigenvalue weighted by molar-refractivity contribution is 5.92. The molecule has 3 N–H and O–H groups in total. The Morgan fingerprint density at radius 3 is 2.11 bits per heavy atom. The molecule has 182 valence electrons. The fourth-order valence-electron chi connectivity index (χ4n) is 4.95. The van der Waals surface area contributed by atoms with Crippen molar-refractivity contribution < 1.29 is 14.4 Å². The van der Waals surface area contributed by atoms with Gasteiger partial charge in [0.1, 0.15) is 0 Å². The van der Waals surface area contributed by atoms with E-state index >= 15 is 0 Å². The zero-order chi connectivity index (χ0) is 25.6. The average Bonchev–Trinajstić information content (AvgIpc) is 3.67. The SMILES string of the molecule is Cc1noc(-c2ccc(-c3ccc(C4(C(=O)O)CC4)cc3)cc2)c1-c1ccnc(-c2ccccc2)c1N. The standard InChI is InChI=1S/C31H25N3O3/c1-19-26(25-15-18-33-28(27(25)32)22-5-3-2-4-6-22)29(37-34-19)23-9-7-20(8-10-23)21-11-13-24(14-12-21)31(16-17-31)30(35)36/h2-15,18H,16-17,32H2,1H3,(H,35,36). The molecule has 37 heavy (non-hydrogen) atoms. The van der Waals surface area contributed by atoms with Gasteiger partial charge in [0, 0.05) is 22.9 Å². The van der Waals surface area contributed by atoms with Crippen LogP contribution in [0.15, 0.2) is 95.6 Å². The molecule has 6 heteroatoms. The van der Waals surface area contributed by atoms with Crippen LogP contribution < -0.4 is 5.73 Å². The first-order chi connectivity index (χ1) is 18.0. The highest BCUT2D eigenvalue weighted by Crippen LogP contribution is 2.48. The summed E-state index contributed by atoms with van der Waals surface area (Å²) in [4.78, 5) is 16.2. The minimum Gasteiger partial charge on any atom is -0.481 e. The average molecular weight is 488 g/mol. The van der Waals surface area contributed by atoms with Crippen molar-refractivity contribution in [2.45, 2.75) is 25.2 Å². The van der Waals surface area contributed by atoms with Gasteiger partial charge in [0.25, 0.3) is 0 Å². The van der Waals surface area contributed by atoms with E-state index in [0.29, 0.717) is 24.3 Å². The zero-order valence-corrected chi connectivity index (χ0v) is 20.3. The second-order valence-corrected chi connectivity index (χ2v) is 9.50. The Morgan fingerprint density at radius 2 is 1.49 bits per heavy atom. The number of hydrogen-bond acceptors (Lipinski definition) is 5. The summed E-state index contributed by atoms with van der Waals surface area (Å²) in [6.45, 7) is 1.91. The van der Waals surface area contributed by atoms with E-state index in [1.54, 1.807) is 6.20 Å². The Balaban J connectivity index is 1.33. The van der Waals surface area contributed by atoms with Gasteiger partial charge in [0.2, 0.25) is 0 Å². The molecule has 1 saturated carbocycles. The van der Waals surface area contributed by atoms with Crippen LogP contribution in [-0.4, -0.2) is 21.2 Å². The number of nitrogens with zero attached hydrogens (tertiary/aromatic N) is 2. The Labute approximate surface area is 214 Å². The second-order valence-electron chi connectivity index (χ2n) is 9.50. The summed E-state index contributed by atoms with van der Waals surface area (Å²) < 4.78 is 5.78. The lowest BCUT2D eigenvalue weighted by atomic mass is 9.93. The third kappa shape index (κ3) is 3.87. The highest BCUT2D eigenvalue weighted by atomic mass is 16.5. The normalized spacial score (nSPS) is 13.9. The third-order valence-corrected chi connectivity index (χ3v) is 7.25. The Hall–Kier alpha value is -4.71. The van der Waals surface area contributed by atoms with E-state index in [0.717, 1.165) is 50.3 Å². The molecule has 0 aliphatic heterocycles. The minimum absolute atomic E-state index is 0.577. The molecular formula is C31H25N3O3. The number of anilines is 1. The molecule has 0 radical (unpaired) electrons. The number of carbonyl (C=O) groups is 1. The maximum Gasteiger partial charge on any atom is 0.314 e. The summed E-state index contributed by atoms with van der Waals surface area (Å²) in [6.07, 6.45) is 3.15. The maximum atomic E-state index is 11.6. The molecule has 2 heterocycles. The van der Waals surface area contributed by atoms with E-state index in [9.17, 15) is 9.90 Å². The second kappa shape index (κ2) is 8.75. The lowest BCUT2D eigenvalue weighted by Crippen LogP contribution is -2.19. The van der Waals surface area contributed by atoms with E-state index in [1.807, 2.05) is 91.9 Å². The van der Waals surface area contributed by atoms with Crippen molar-refractivity contribution in [3.63, 3.8) is 0 Å². The van der Waals surface area contributed by atoms with E-state index in [4.69, 9.17) is 10.3 Å². The number of carboxylic acids is 1. The van der Waals surface area contributed by atoms with Crippen molar-refractivity contribution in [1.29, 1.82) is 0 Å². The smallest absolute Gasteiger partial charge is 0.314 e. The van der Waals surface area contributed by atoms with Gasteiger partial charge in [0.05, 0.1) is 28.1 Å². The van der Waals surface area contributed by atoms with Gasteiger partial charge in [-0.2, -0.15) is 0 Å². The maximum absolute atomic E-state index is 11.6. The Bertz CT molecular complexity index is 1600. The van der Waals surface area contributed by atoms with Crippen LogP contribution in [0.3, 0.4) is 0 Å². The number of pyridine rings is 1. The first-order valence-electron chi connectivity index (χ1n) is 12.2. The van der Waals surface area contributed by atoms with E-state index in [-0.39, 0.29) is 0 Å². The number of nitrogens with two attached hydrogens (primary N) is 1. The number of rotatable bonds is 6. The third-order valence-electron chi connectivity index (χ3n) is 7.25. The van der Waals surface area contributed by atoms with Gasteiger partial charge in [-0.25, -0.2) is 0 Å². The van der Waals surface area contributed by atoms with Crippen molar-refractivity contribution in [2.75, 3.05) is 5.73 Å². The van der Waals surface area contributed by atoms with Gasteiger partial charge < -0.3 is 15.4 Å². The molecule has 1 fully saturated rings. The molecular weight excluding hydrogens is 462 g/mol. The summed E-state index contributed by atoms with van der Waals surface area (Å²) in [5, 5.41) is 13.8. The van der Waals surface area contributed by atoms with Crippen LogP contribution in [0.5, 0.6) is 0 Å². The van der Waals surface area contributed by atoms with E-state index in [2.05, 4.69) is 10.1 Å². The number of aryl methyl sites for hydroxylation is 1. The van der Waals surface area contributed by atoms with Gasteiger partial charge in [-0.1, -0.05) is 84.0 Å². The van der Waals surface area contributed by atoms with Gasteiger partial charge in [-0.05, 0) is 42.5 Å². The molecule has 5 aromatic rings. The van der Waals surface area contributed by atoms with Crippen molar-refractivity contribution >= 4 is 11.7 Å². The predicted molar refractivity (Wildman–Crippen MR) is 144 cm³/mol. The number of aromatic nitrogens is 2. The molecule has 0 amide bonds. The molecule has 1 aliphatic carbocycles. The molecule has 0 unspecified atom stereocenters. The number of benzene rings is 3. The van der Waals surface area contributed by atoms with Crippen molar-refractivity contribution in [3.05, 3.63) is 102 Å². The first-order valence-corrected chi connectivity index (χ1v) is 12.2. The molecule has 2 aromatic heterocycles. The summed E-state index contributed by atoms with van der Waals surface area (Å²) in [5.41, 5.74) is 14.4. The minimum atomic E-state index is -0.742. The van der Waals surface area contributed by atoms with Gasteiger partial charge in [-0.3, -0.25) is 9.78 Å². The predicted octanol–water partition coefficient (Wildman–Crippen LogP) is 6.74. The van der Waals surface area contributed by atoms with Gasteiger partial charge >= 0.3 is 5.97 Å². The van der Waals surface area contributed by atoms with Crippen LogP contribution in [0.1, 0.15) is 24.1 Å². The summed E-state index contributed by atoms with van der Waals surface area (Å²) in [7, 11) is 0. The van der Waals surface area contributed by atoms with Crippen molar-refractivity contribution in [3.8, 4) is 44.8 Å². The number of carboxylic acid groups (broad SMARTS) is 1. The quantitative estimate of drug-likeness (QED) is 0.275. The number of hydrogen-bond donors (Lipinski definition) is 2.